The van der Waals surface area contributed by atoms with Gasteiger partial charge in [0.05, 0.1) is 5.52 Å². The van der Waals surface area contributed by atoms with Crippen LogP contribution in [-0.4, -0.2) is 10.1 Å². The van der Waals surface area contributed by atoms with E-state index in [4.69, 9.17) is 4.74 Å². The van der Waals surface area contributed by atoms with Crippen LogP contribution >= 0.6 is 0 Å². The largest absolute Gasteiger partial charge is 0.458 e. The molecule has 1 aromatic heterocycles. The van der Waals surface area contributed by atoms with Crippen molar-refractivity contribution in [1.29, 1.82) is 0 Å². The molecule has 3 heteroatoms. The molecular weight excluding hydrogens is 250 g/mol. The molecule has 0 aliphatic carbocycles. The Bertz CT molecular complexity index is 718. The maximum absolute atomic E-state index is 10.6. The molecule has 1 atom stereocenters. The highest BCUT2D eigenvalue weighted by molar-refractivity contribution is 5.84. The molecular formula is C17H15NO2. The van der Waals surface area contributed by atoms with Gasteiger partial charge in [-0.1, -0.05) is 42.5 Å². The number of benzene rings is 2. The quantitative estimate of drug-likeness (QED) is 0.737. The van der Waals surface area contributed by atoms with Crippen molar-refractivity contribution in [3.05, 3.63) is 72.4 Å². The normalized spacial score (nSPS) is 13.9. The number of fused-ring (bicyclic) bond motifs is 1. The van der Waals surface area contributed by atoms with Gasteiger partial charge >= 0.3 is 0 Å². The fourth-order valence-electron chi connectivity index (χ4n) is 2.18. The van der Waals surface area contributed by atoms with E-state index in [0.29, 0.717) is 11.3 Å². The van der Waals surface area contributed by atoms with Gasteiger partial charge in [0.2, 0.25) is 5.79 Å². The lowest BCUT2D eigenvalue weighted by Crippen LogP contribution is -2.28. The standard InChI is InChI=1S/C17H15NO2/c1-17(19,13-7-3-2-4-8-13)20-16-11-12-18-15-10-6-5-9-14(15)16/h2-12,19H,1H3. The summed E-state index contributed by atoms with van der Waals surface area (Å²) in [4.78, 5) is 4.28. The smallest absolute Gasteiger partial charge is 0.232 e. The first-order chi connectivity index (χ1) is 9.67. The third-order valence-corrected chi connectivity index (χ3v) is 3.23. The molecule has 20 heavy (non-hydrogen) atoms. The SMILES string of the molecule is CC(O)(Oc1ccnc2ccccc12)c1ccccc1. The summed E-state index contributed by atoms with van der Waals surface area (Å²) < 4.78 is 5.82. The molecule has 0 aliphatic rings. The predicted molar refractivity (Wildman–Crippen MR) is 78.4 cm³/mol. The van der Waals surface area contributed by atoms with Crippen LogP contribution in [0.25, 0.3) is 10.9 Å². The average Bonchev–Trinajstić information content (AvgIpc) is 2.48. The fraction of sp³-hybridized carbons (Fsp3) is 0.118. The van der Waals surface area contributed by atoms with E-state index in [1.807, 2.05) is 54.6 Å². The van der Waals surface area contributed by atoms with E-state index in [2.05, 4.69) is 4.98 Å². The van der Waals surface area contributed by atoms with Crippen LogP contribution in [0.4, 0.5) is 0 Å². The van der Waals surface area contributed by atoms with E-state index in [0.717, 1.165) is 10.9 Å². The van der Waals surface area contributed by atoms with Crippen molar-refractivity contribution in [2.75, 3.05) is 0 Å². The zero-order valence-electron chi connectivity index (χ0n) is 11.2. The number of rotatable bonds is 3. The Morgan fingerprint density at radius 3 is 2.45 bits per heavy atom. The van der Waals surface area contributed by atoms with Crippen molar-refractivity contribution in [1.82, 2.24) is 4.98 Å². The van der Waals surface area contributed by atoms with Crippen molar-refractivity contribution in [2.24, 2.45) is 0 Å². The third-order valence-electron chi connectivity index (χ3n) is 3.23. The van der Waals surface area contributed by atoms with Gasteiger partial charge in [0.25, 0.3) is 0 Å². The van der Waals surface area contributed by atoms with Crippen molar-refractivity contribution >= 4 is 10.9 Å². The summed E-state index contributed by atoms with van der Waals surface area (Å²) in [6.07, 6.45) is 1.68. The van der Waals surface area contributed by atoms with E-state index in [-0.39, 0.29) is 0 Å². The number of ether oxygens (including phenoxy) is 1. The Morgan fingerprint density at radius 1 is 0.950 bits per heavy atom. The molecule has 1 unspecified atom stereocenters. The van der Waals surface area contributed by atoms with Crippen LogP contribution in [0, 0.1) is 0 Å². The van der Waals surface area contributed by atoms with Crippen molar-refractivity contribution in [3.63, 3.8) is 0 Å². The molecule has 0 fully saturated rings. The highest BCUT2D eigenvalue weighted by atomic mass is 16.6. The Morgan fingerprint density at radius 2 is 1.65 bits per heavy atom. The van der Waals surface area contributed by atoms with Crippen LogP contribution in [-0.2, 0) is 5.79 Å². The van der Waals surface area contributed by atoms with Crippen LogP contribution in [0.5, 0.6) is 5.75 Å². The van der Waals surface area contributed by atoms with Crippen LogP contribution < -0.4 is 4.74 Å². The van der Waals surface area contributed by atoms with Gasteiger partial charge in [-0.2, -0.15) is 0 Å². The average molecular weight is 265 g/mol. The molecule has 100 valence electrons. The number of nitrogens with zero attached hydrogens (tertiary/aromatic N) is 1. The molecule has 3 rings (SSSR count). The fourth-order valence-corrected chi connectivity index (χ4v) is 2.18. The van der Waals surface area contributed by atoms with Gasteiger partial charge < -0.3 is 9.84 Å². The van der Waals surface area contributed by atoms with Gasteiger partial charge in [-0.15, -0.1) is 0 Å². The van der Waals surface area contributed by atoms with Crippen molar-refractivity contribution in [2.45, 2.75) is 12.7 Å². The maximum atomic E-state index is 10.6. The minimum Gasteiger partial charge on any atom is -0.458 e. The lowest BCUT2D eigenvalue weighted by molar-refractivity contribution is -0.128. The molecule has 0 spiro atoms. The van der Waals surface area contributed by atoms with Crippen molar-refractivity contribution < 1.29 is 9.84 Å². The number of hydrogen-bond acceptors (Lipinski definition) is 3. The first-order valence-electron chi connectivity index (χ1n) is 6.47. The highest BCUT2D eigenvalue weighted by Gasteiger charge is 2.25. The maximum Gasteiger partial charge on any atom is 0.232 e. The number of pyridine rings is 1. The van der Waals surface area contributed by atoms with Gasteiger partial charge in [-0.3, -0.25) is 4.98 Å². The van der Waals surface area contributed by atoms with E-state index < -0.39 is 5.79 Å². The minimum absolute atomic E-state index is 0.615. The Balaban J connectivity index is 2.01. The van der Waals surface area contributed by atoms with Crippen molar-refractivity contribution in [3.8, 4) is 5.75 Å². The predicted octanol–water partition coefficient (Wildman–Crippen LogP) is 3.48. The molecule has 0 amide bonds. The van der Waals surface area contributed by atoms with Crippen LogP contribution in [0.15, 0.2) is 66.9 Å². The molecule has 1 N–H and O–H groups in total. The monoisotopic (exact) mass is 265 g/mol. The molecule has 0 aliphatic heterocycles. The Kier molecular flexibility index (Phi) is 3.12. The van der Waals surface area contributed by atoms with E-state index in [1.165, 1.54) is 0 Å². The summed E-state index contributed by atoms with van der Waals surface area (Å²) in [5.74, 6) is -0.768. The second kappa shape index (κ2) is 4.94. The summed E-state index contributed by atoms with van der Waals surface area (Å²) in [7, 11) is 0. The summed E-state index contributed by atoms with van der Waals surface area (Å²) in [5, 5.41) is 11.4. The summed E-state index contributed by atoms with van der Waals surface area (Å²) >= 11 is 0. The molecule has 0 saturated carbocycles. The Labute approximate surface area is 117 Å². The number of aliphatic hydroxyl groups is 1. The zero-order chi connectivity index (χ0) is 14.0. The molecule has 0 bridgehead atoms. The molecule has 3 nitrogen and oxygen atoms in total. The first-order valence-corrected chi connectivity index (χ1v) is 6.47. The van der Waals surface area contributed by atoms with Crippen LogP contribution in [0.3, 0.4) is 0 Å². The number of para-hydroxylation sites is 1. The highest BCUT2D eigenvalue weighted by Crippen LogP contribution is 2.30. The second-order valence-corrected chi connectivity index (χ2v) is 4.78. The summed E-state index contributed by atoms with van der Waals surface area (Å²) in [6.45, 7) is 1.64. The molecule has 3 aromatic rings. The summed E-state index contributed by atoms with van der Waals surface area (Å²) in [6, 6.07) is 18.8. The topological polar surface area (TPSA) is 42.4 Å². The molecule has 1 heterocycles. The van der Waals surface area contributed by atoms with E-state index >= 15 is 0 Å². The zero-order valence-corrected chi connectivity index (χ0v) is 11.2. The minimum atomic E-state index is -1.38. The number of aromatic nitrogens is 1. The molecule has 0 radical (unpaired) electrons. The van der Waals surface area contributed by atoms with E-state index in [9.17, 15) is 5.11 Å². The van der Waals surface area contributed by atoms with Gasteiger partial charge in [-0.05, 0) is 18.2 Å². The number of hydrogen-bond donors (Lipinski definition) is 1. The van der Waals surface area contributed by atoms with Crippen LogP contribution in [0.1, 0.15) is 12.5 Å². The van der Waals surface area contributed by atoms with Gasteiger partial charge in [0, 0.05) is 24.1 Å². The lowest BCUT2D eigenvalue weighted by atomic mass is 10.1. The van der Waals surface area contributed by atoms with Gasteiger partial charge in [-0.25, -0.2) is 0 Å². The van der Waals surface area contributed by atoms with Gasteiger partial charge in [0.15, 0.2) is 0 Å². The van der Waals surface area contributed by atoms with E-state index in [1.54, 1.807) is 19.2 Å². The summed E-state index contributed by atoms with van der Waals surface area (Å²) in [5.41, 5.74) is 1.55. The van der Waals surface area contributed by atoms with Gasteiger partial charge in [0.1, 0.15) is 5.75 Å². The molecule has 0 saturated heterocycles. The third kappa shape index (κ3) is 2.36. The second-order valence-electron chi connectivity index (χ2n) is 4.78. The first kappa shape index (κ1) is 12.6. The molecule has 2 aromatic carbocycles. The van der Waals surface area contributed by atoms with Crippen LogP contribution in [0.2, 0.25) is 0 Å². The lowest BCUT2D eigenvalue weighted by Gasteiger charge is -2.25. The Hall–Kier alpha value is -2.39.